The molecule has 2 N–H and O–H groups in total. The number of aromatic nitrogens is 2. The Labute approximate surface area is 126 Å². The first kappa shape index (κ1) is 14.4. The van der Waals surface area contributed by atoms with Gasteiger partial charge < -0.3 is 15.0 Å². The Morgan fingerprint density at radius 2 is 2.14 bits per heavy atom. The van der Waals surface area contributed by atoms with E-state index in [1.54, 1.807) is 0 Å². The topological polar surface area (TPSA) is 53.1 Å². The van der Waals surface area contributed by atoms with Crippen LogP contribution >= 0.6 is 0 Å². The van der Waals surface area contributed by atoms with Gasteiger partial charge in [0, 0.05) is 30.2 Å². The third-order valence-electron chi connectivity index (χ3n) is 4.91. The number of ether oxygens (including phenoxy) is 1. The molecule has 3 rings (SSSR count). The van der Waals surface area contributed by atoms with Crippen LogP contribution in [0.2, 0.25) is 0 Å². The molecule has 114 valence electrons. The van der Waals surface area contributed by atoms with E-state index in [0.717, 1.165) is 36.5 Å². The molecule has 1 fully saturated rings. The first-order chi connectivity index (χ1) is 9.98. The molecule has 0 spiro atoms. The summed E-state index contributed by atoms with van der Waals surface area (Å²) in [7, 11) is 0. The molecule has 1 aliphatic rings. The van der Waals surface area contributed by atoms with E-state index in [1.807, 2.05) is 12.1 Å². The Morgan fingerprint density at radius 3 is 2.76 bits per heavy atom. The Kier molecular flexibility index (Phi) is 3.44. The molecular weight excluding hydrogens is 262 g/mol. The van der Waals surface area contributed by atoms with Gasteiger partial charge in [0.2, 0.25) is 0 Å². The largest absolute Gasteiger partial charge is 0.399 e. The van der Waals surface area contributed by atoms with Crippen molar-refractivity contribution in [2.45, 2.75) is 52.7 Å². The molecule has 1 aliphatic carbocycles. The molecule has 0 radical (unpaired) electrons. The molecule has 4 nitrogen and oxygen atoms in total. The van der Waals surface area contributed by atoms with Crippen molar-refractivity contribution in [3.05, 3.63) is 24.0 Å². The minimum atomic E-state index is 0.134. The first-order valence-electron chi connectivity index (χ1n) is 7.87. The molecule has 21 heavy (non-hydrogen) atoms. The molecule has 4 heteroatoms. The lowest BCUT2D eigenvalue weighted by molar-refractivity contribution is -0.127. The van der Waals surface area contributed by atoms with Crippen LogP contribution in [-0.2, 0) is 11.2 Å². The number of imidazole rings is 1. The fourth-order valence-electron chi connectivity index (χ4n) is 3.55. The number of hydrogen-bond acceptors (Lipinski definition) is 3. The minimum Gasteiger partial charge on any atom is -0.399 e. The summed E-state index contributed by atoms with van der Waals surface area (Å²) in [4.78, 5) is 4.77. The monoisotopic (exact) mass is 287 g/mol. The summed E-state index contributed by atoms with van der Waals surface area (Å²) >= 11 is 0. The van der Waals surface area contributed by atoms with Crippen LogP contribution in [0.15, 0.2) is 18.2 Å². The number of nitrogens with zero attached hydrogens (tertiary/aromatic N) is 2. The van der Waals surface area contributed by atoms with Gasteiger partial charge in [0.15, 0.2) is 0 Å². The maximum atomic E-state index is 5.89. The summed E-state index contributed by atoms with van der Waals surface area (Å²) in [6.07, 6.45) is 2.33. The van der Waals surface area contributed by atoms with Crippen molar-refractivity contribution >= 4 is 16.7 Å². The summed E-state index contributed by atoms with van der Waals surface area (Å²) in [6.45, 7) is 9.60. The second-order valence-electron chi connectivity index (χ2n) is 6.52. The lowest BCUT2D eigenvalue weighted by Gasteiger charge is -2.52. The van der Waals surface area contributed by atoms with Crippen LogP contribution < -0.4 is 5.73 Å². The van der Waals surface area contributed by atoms with E-state index in [4.69, 9.17) is 15.5 Å². The summed E-state index contributed by atoms with van der Waals surface area (Å²) in [5, 5.41) is 0. The van der Waals surface area contributed by atoms with E-state index in [1.165, 1.54) is 5.52 Å². The molecule has 1 aromatic heterocycles. The van der Waals surface area contributed by atoms with E-state index in [-0.39, 0.29) is 5.41 Å². The van der Waals surface area contributed by atoms with Crippen molar-refractivity contribution in [1.82, 2.24) is 9.55 Å². The molecule has 1 saturated carbocycles. The quantitative estimate of drug-likeness (QED) is 0.875. The van der Waals surface area contributed by atoms with E-state index < -0.39 is 0 Å². The SMILES string of the molecule is CCOC1CC(n2c(CC)nc3cc(N)ccc32)C1(C)C. The number of benzene rings is 1. The maximum Gasteiger partial charge on any atom is 0.109 e. The van der Waals surface area contributed by atoms with Gasteiger partial charge in [-0.05, 0) is 31.5 Å². The summed E-state index contributed by atoms with van der Waals surface area (Å²) in [6, 6.07) is 6.47. The molecule has 2 unspecified atom stereocenters. The molecular formula is C17H25N3O. The van der Waals surface area contributed by atoms with Crippen LogP contribution in [-0.4, -0.2) is 22.3 Å². The van der Waals surface area contributed by atoms with Gasteiger partial charge in [-0.2, -0.15) is 0 Å². The van der Waals surface area contributed by atoms with Crippen molar-refractivity contribution in [3.8, 4) is 0 Å². The lowest BCUT2D eigenvalue weighted by atomic mass is 9.64. The predicted octanol–water partition coefficient (Wildman–Crippen LogP) is 3.56. The van der Waals surface area contributed by atoms with Gasteiger partial charge in [-0.15, -0.1) is 0 Å². The Bertz CT molecular complexity index is 659. The smallest absolute Gasteiger partial charge is 0.109 e. The molecule has 2 aromatic rings. The van der Waals surface area contributed by atoms with Gasteiger partial charge in [-0.1, -0.05) is 20.8 Å². The number of nitrogen functional groups attached to an aromatic ring is 1. The fraction of sp³-hybridized carbons (Fsp3) is 0.588. The van der Waals surface area contributed by atoms with Gasteiger partial charge in [0.05, 0.1) is 17.1 Å². The Balaban J connectivity index is 2.05. The number of anilines is 1. The third-order valence-corrected chi connectivity index (χ3v) is 4.91. The molecule has 0 bridgehead atoms. The van der Waals surface area contributed by atoms with Gasteiger partial charge in [-0.3, -0.25) is 0 Å². The minimum absolute atomic E-state index is 0.134. The molecule has 0 amide bonds. The summed E-state index contributed by atoms with van der Waals surface area (Å²) in [5.74, 6) is 1.14. The van der Waals surface area contributed by atoms with Crippen molar-refractivity contribution in [2.24, 2.45) is 5.41 Å². The van der Waals surface area contributed by atoms with Crippen LogP contribution in [0.4, 0.5) is 5.69 Å². The molecule has 1 aromatic carbocycles. The Hall–Kier alpha value is -1.55. The molecule has 0 saturated heterocycles. The van der Waals surface area contributed by atoms with E-state index in [9.17, 15) is 0 Å². The Morgan fingerprint density at radius 1 is 1.38 bits per heavy atom. The zero-order valence-corrected chi connectivity index (χ0v) is 13.4. The van der Waals surface area contributed by atoms with Crippen LogP contribution in [0.25, 0.3) is 11.0 Å². The van der Waals surface area contributed by atoms with Crippen molar-refractivity contribution in [2.75, 3.05) is 12.3 Å². The standard InChI is InChI=1S/C17H25N3O/c1-5-16-19-12-9-11(18)7-8-13(12)20(16)14-10-15(21-6-2)17(14,3)4/h7-9,14-15H,5-6,10,18H2,1-4H3. The predicted molar refractivity (Wildman–Crippen MR) is 86.4 cm³/mol. The number of fused-ring (bicyclic) bond motifs is 1. The van der Waals surface area contributed by atoms with E-state index >= 15 is 0 Å². The van der Waals surface area contributed by atoms with Crippen molar-refractivity contribution < 1.29 is 4.74 Å². The first-order valence-corrected chi connectivity index (χ1v) is 7.87. The summed E-state index contributed by atoms with van der Waals surface area (Å²) < 4.78 is 8.28. The second-order valence-corrected chi connectivity index (χ2v) is 6.52. The van der Waals surface area contributed by atoms with Crippen LogP contribution in [0.1, 0.15) is 46.0 Å². The van der Waals surface area contributed by atoms with Crippen LogP contribution in [0, 0.1) is 5.41 Å². The highest BCUT2D eigenvalue weighted by atomic mass is 16.5. The van der Waals surface area contributed by atoms with Crippen LogP contribution in [0.5, 0.6) is 0 Å². The lowest BCUT2D eigenvalue weighted by Crippen LogP contribution is -2.51. The third kappa shape index (κ3) is 2.13. The average Bonchev–Trinajstić information content (AvgIpc) is 2.80. The molecule has 1 heterocycles. The number of rotatable bonds is 4. The van der Waals surface area contributed by atoms with E-state index in [0.29, 0.717) is 12.1 Å². The van der Waals surface area contributed by atoms with Gasteiger partial charge in [-0.25, -0.2) is 4.98 Å². The van der Waals surface area contributed by atoms with Crippen molar-refractivity contribution in [1.29, 1.82) is 0 Å². The normalized spacial score (nSPS) is 24.2. The van der Waals surface area contributed by atoms with Gasteiger partial charge >= 0.3 is 0 Å². The number of hydrogen-bond donors (Lipinski definition) is 1. The highest BCUT2D eigenvalue weighted by molar-refractivity contribution is 5.80. The fourth-order valence-corrected chi connectivity index (χ4v) is 3.55. The van der Waals surface area contributed by atoms with Crippen molar-refractivity contribution in [3.63, 3.8) is 0 Å². The second kappa shape index (κ2) is 5.02. The highest BCUT2D eigenvalue weighted by Crippen LogP contribution is 2.52. The van der Waals surface area contributed by atoms with Gasteiger partial charge in [0.1, 0.15) is 5.82 Å². The van der Waals surface area contributed by atoms with Crippen LogP contribution in [0.3, 0.4) is 0 Å². The maximum absolute atomic E-state index is 5.89. The molecule has 0 aliphatic heterocycles. The number of nitrogens with two attached hydrogens (primary N) is 1. The molecule has 2 atom stereocenters. The highest BCUT2D eigenvalue weighted by Gasteiger charge is 2.50. The zero-order valence-electron chi connectivity index (χ0n) is 13.4. The average molecular weight is 287 g/mol. The number of aryl methyl sites for hydroxylation is 1. The van der Waals surface area contributed by atoms with E-state index in [2.05, 4.69) is 38.3 Å². The zero-order chi connectivity index (χ0) is 15.2. The summed E-state index contributed by atoms with van der Waals surface area (Å²) in [5.41, 5.74) is 8.99. The van der Waals surface area contributed by atoms with Gasteiger partial charge in [0.25, 0.3) is 0 Å².